The Morgan fingerprint density at radius 1 is 1.10 bits per heavy atom. The van der Waals surface area contributed by atoms with Gasteiger partial charge in [-0.1, -0.05) is 45.4 Å². The fourth-order valence-electron chi connectivity index (χ4n) is 5.01. The number of benzene rings is 2. The van der Waals surface area contributed by atoms with Crippen molar-refractivity contribution in [3.05, 3.63) is 64.4 Å². The third-order valence-electron chi connectivity index (χ3n) is 7.33. The second-order valence-corrected chi connectivity index (χ2v) is 9.40. The summed E-state index contributed by atoms with van der Waals surface area (Å²) in [6.07, 6.45) is 2.41. The number of hydrogen-bond donors (Lipinski definition) is 1. The molecule has 2 aromatic rings. The molecule has 1 saturated carbocycles. The Labute approximate surface area is 177 Å². The lowest BCUT2D eigenvalue weighted by Gasteiger charge is -2.45. The summed E-state index contributed by atoms with van der Waals surface area (Å²) in [5, 5.41) is 12.0. The van der Waals surface area contributed by atoms with E-state index in [1.54, 1.807) is 12.1 Å². The molecule has 2 aliphatic rings. The van der Waals surface area contributed by atoms with Gasteiger partial charge in [-0.3, -0.25) is 4.79 Å². The maximum absolute atomic E-state index is 13.5. The topological polar surface area (TPSA) is 46.5 Å². The molecule has 0 amide bonds. The van der Waals surface area contributed by atoms with Crippen LogP contribution in [0.15, 0.2) is 48.2 Å². The average Bonchev–Trinajstić information content (AvgIpc) is 2.87. The Bertz CT molecular complexity index is 1000. The first-order valence-corrected chi connectivity index (χ1v) is 10.6. The van der Waals surface area contributed by atoms with Gasteiger partial charge in [0.1, 0.15) is 17.3 Å². The summed E-state index contributed by atoms with van der Waals surface area (Å²) in [5.41, 5.74) is 1.66. The molecule has 2 bridgehead atoms. The highest BCUT2D eigenvalue weighted by atomic mass is 35.5. The lowest BCUT2D eigenvalue weighted by Crippen LogP contribution is -2.43. The van der Waals surface area contributed by atoms with Crippen molar-refractivity contribution in [2.24, 2.45) is 16.7 Å². The van der Waals surface area contributed by atoms with Crippen molar-refractivity contribution in [1.82, 2.24) is 0 Å². The van der Waals surface area contributed by atoms with E-state index in [9.17, 15) is 9.90 Å². The van der Waals surface area contributed by atoms with Gasteiger partial charge < -0.3 is 9.84 Å². The minimum absolute atomic E-state index is 0.0563. The molecule has 0 spiro atoms. The minimum Gasteiger partial charge on any atom is -0.511 e. The van der Waals surface area contributed by atoms with Crippen LogP contribution in [-0.2, 0) is 11.2 Å². The summed E-state index contributed by atoms with van der Waals surface area (Å²) < 4.78 is 6.00. The molecule has 0 aliphatic heterocycles. The van der Waals surface area contributed by atoms with E-state index in [4.69, 9.17) is 16.3 Å². The van der Waals surface area contributed by atoms with Crippen molar-refractivity contribution < 1.29 is 14.6 Å². The van der Waals surface area contributed by atoms with Gasteiger partial charge in [0.25, 0.3) is 0 Å². The van der Waals surface area contributed by atoms with Gasteiger partial charge in [-0.15, -0.1) is 0 Å². The van der Waals surface area contributed by atoms with Crippen molar-refractivity contribution >= 4 is 23.0 Å². The summed E-state index contributed by atoms with van der Waals surface area (Å²) in [4.78, 5) is 13.5. The second kappa shape index (κ2) is 6.91. The number of Topliss-reactive ketones (excluding diaryl/α,β-unsaturated/α-hetero) is 1. The van der Waals surface area contributed by atoms with Gasteiger partial charge in [-0.25, -0.2) is 0 Å². The van der Waals surface area contributed by atoms with Crippen LogP contribution in [0.3, 0.4) is 0 Å². The molecule has 3 nitrogen and oxygen atoms in total. The number of fused-ring (bicyclic) bond motifs is 2. The Morgan fingerprint density at radius 2 is 1.76 bits per heavy atom. The van der Waals surface area contributed by atoms with Crippen LogP contribution in [0.2, 0.25) is 5.02 Å². The normalized spacial score (nSPS) is 25.4. The first kappa shape index (κ1) is 20.0. The van der Waals surface area contributed by atoms with Crippen LogP contribution in [0, 0.1) is 16.7 Å². The largest absolute Gasteiger partial charge is 0.511 e. The van der Waals surface area contributed by atoms with Gasteiger partial charge in [0, 0.05) is 16.4 Å². The van der Waals surface area contributed by atoms with Crippen LogP contribution in [-0.4, -0.2) is 10.9 Å². The van der Waals surface area contributed by atoms with Gasteiger partial charge in [0.15, 0.2) is 5.78 Å². The number of carbonyl (C=O) groups excluding carboxylic acids is 1. The number of carbonyl (C=O) groups is 1. The molecular weight excluding hydrogens is 384 g/mol. The quantitative estimate of drug-likeness (QED) is 0.590. The number of ether oxygens (including phenoxy) is 1. The van der Waals surface area contributed by atoms with E-state index in [-0.39, 0.29) is 28.3 Å². The van der Waals surface area contributed by atoms with Crippen molar-refractivity contribution in [3.8, 4) is 11.5 Å². The molecule has 29 heavy (non-hydrogen) atoms. The number of ketones is 1. The molecule has 0 heterocycles. The van der Waals surface area contributed by atoms with E-state index in [1.165, 1.54) is 0 Å². The van der Waals surface area contributed by atoms with E-state index >= 15 is 0 Å². The Hall–Kier alpha value is -2.26. The third-order valence-corrected chi connectivity index (χ3v) is 7.58. The van der Waals surface area contributed by atoms with Gasteiger partial charge in [0.05, 0.1) is 5.57 Å². The van der Waals surface area contributed by atoms with Gasteiger partial charge >= 0.3 is 0 Å². The molecule has 0 unspecified atom stereocenters. The molecular formula is C25H27ClO3. The highest BCUT2D eigenvalue weighted by Gasteiger charge is 2.61. The van der Waals surface area contributed by atoms with Crippen LogP contribution in [0.25, 0.3) is 5.57 Å². The lowest BCUT2D eigenvalue weighted by atomic mass is 9.58. The molecule has 2 aliphatic carbocycles. The zero-order valence-corrected chi connectivity index (χ0v) is 18.1. The summed E-state index contributed by atoms with van der Waals surface area (Å²) in [6, 6.07) is 12.9. The second-order valence-electron chi connectivity index (χ2n) is 8.96. The molecule has 2 atom stereocenters. The van der Waals surface area contributed by atoms with E-state index in [0.717, 1.165) is 30.4 Å². The van der Waals surface area contributed by atoms with Crippen LogP contribution in [0.4, 0.5) is 0 Å². The first-order valence-electron chi connectivity index (χ1n) is 10.2. The van der Waals surface area contributed by atoms with Crippen LogP contribution in [0.1, 0.15) is 51.7 Å². The van der Waals surface area contributed by atoms with Crippen molar-refractivity contribution in [3.63, 3.8) is 0 Å². The third kappa shape index (κ3) is 2.98. The molecule has 4 rings (SSSR count). The summed E-state index contributed by atoms with van der Waals surface area (Å²) >= 11 is 5.96. The fraction of sp³-hybridized carbons (Fsp3) is 0.400. The number of aliphatic hydroxyl groups is 1. The fourth-order valence-corrected chi connectivity index (χ4v) is 5.13. The van der Waals surface area contributed by atoms with Crippen molar-refractivity contribution in [2.45, 2.75) is 47.0 Å². The predicted molar refractivity (Wildman–Crippen MR) is 117 cm³/mol. The summed E-state index contributed by atoms with van der Waals surface area (Å²) in [7, 11) is 0. The number of rotatable bonds is 4. The van der Waals surface area contributed by atoms with E-state index in [2.05, 4.69) is 27.7 Å². The maximum atomic E-state index is 13.5. The average molecular weight is 411 g/mol. The number of halogens is 1. The zero-order chi connectivity index (χ0) is 21.0. The maximum Gasteiger partial charge on any atom is 0.170 e. The number of hydrogen-bond acceptors (Lipinski definition) is 3. The number of aryl methyl sites for hydroxylation is 1. The first-order chi connectivity index (χ1) is 13.7. The molecule has 152 valence electrons. The van der Waals surface area contributed by atoms with Gasteiger partial charge in [-0.2, -0.15) is 0 Å². The molecule has 1 fully saturated rings. The lowest BCUT2D eigenvalue weighted by molar-refractivity contribution is -0.122. The van der Waals surface area contributed by atoms with Crippen molar-refractivity contribution in [2.75, 3.05) is 0 Å². The van der Waals surface area contributed by atoms with E-state index < -0.39 is 0 Å². The van der Waals surface area contributed by atoms with Crippen molar-refractivity contribution in [1.29, 1.82) is 0 Å². The Balaban J connectivity index is 1.81. The SMILES string of the molecule is CCc1ccc(Oc2ccc(Cl)cc2)cc1C1=C(O)[C@@]2(C)CC[C@H](C1=O)C2(C)C. The molecule has 0 aromatic heterocycles. The highest BCUT2D eigenvalue weighted by Crippen LogP contribution is 2.64. The highest BCUT2D eigenvalue weighted by molar-refractivity contribution is 6.30. The summed E-state index contributed by atoms with van der Waals surface area (Å²) in [6.45, 7) is 8.37. The Kier molecular flexibility index (Phi) is 4.77. The number of allylic oxidation sites excluding steroid dienone is 2. The zero-order valence-electron chi connectivity index (χ0n) is 17.4. The van der Waals surface area contributed by atoms with Crippen LogP contribution >= 0.6 is 11.6 Å². The number of aliphatic hydroxyl groups excluding tert-OH is 1. The van der Waals surface area contributed by atoms with E-state index in [0.29, 0.717) is 22.1 Å². The predicted octanol–water partition coefficient (Wildman–Crippen LogP) is 6.99. The van der Waals surface area contributed by atoms with Crippen LogP contribution < -0.4 is 4.74 Å². The Morgan fingerprint density at radius 3 is 2.41 bits per heavy atom. The van der Waals surface area contributed by atoms with Gasteiger partial charge in [0.2, 0.25) is 0 Å². The van der Waals surface area contributed by atoms with E-state index in [1.807, 2.05) is 30.3 Å². The molecule has 1 N–H and O–H groups in total. The molecule has 0 radical (unpaired) electrons. The minimum atomic E-state index is -0.390. The standard InChI is InChI=1S/C25H27ClO3/c1-5-15-6-9-18(29-17-10-7-16(26)8-11-17)14-19(15)21-22(27)20-12-13-25(4,23(21)28)24(20,2)3/h6-11,14,20,28H,5,12-13H2,1-4H3/t20-,25-/m1/s1. The monoisotopic (exact) mass is 410 g/mol. The summed E-state index contributed by atoms with van der Waals surface area (Å²) in [5.74, 6) is 1.53. The van der Waals surface area contributed by atoms with Gasteiger partial charge in [-0.05, 0) is 72.2 Å². The molecule has 0 saturated heterocycles. The smallest absolute Gasteiger partial charge is 0.170 e. The van der Waals surface area contributed by atoms with Crippen LogP contribution in [0.5, 0.6) is 11.5 Å². The molecule has 2 aromatic carbocycles. The molecule has 4 heteroatoms.